The highest BCUT2D eigenvalue weighted by molar-refractivity contribution is 5.94. The van der Waals surface area contributed by atoms with Gasteiger partial charge in [-0.1, -0.05) is 24.8 Å². The van der Waals surface area contributed by atoms with Crippen molar-refractivity contribution in [3.8, 4) is 0 Å². The molecule has 0 aromatic heterocycles. The molecule has 128 valence electrons. The first-order valence-electron chi connectivity index (χ1n) is 8.08. The van der Waals surface area contributed by atoms with Crippen LogP contribution in [0.15, 0.2) is 77.8 Å². The van der Waals surface area contributed by atoms with Crippen LogP contribution in [0.3, 0.4) is 0 Å². The molecule has 1 heterocycles. The molecule has 3 rings (SSSR count). The Morgan fingerprint density at radius 2 is 2.24 bits per heavy atom. The molecule has 3 nitrogen and oxygen atoms in total. The van der Waals surface area contributed by atoms with Crippen LogP contribution in [0, 0.1) is 5.82 Å². The zero-order valence-electron chi connectivity index (χ0n) is 14.3. The number of rotatable bonds is 5. The van der Waals surface area contributed by atoms with Crippen molar-refractivity contribution in [1.29, 1.82) is 0 Å². The number of Topliss-reactive ketones (excluding diaryl/α,β-unsaturated/α-hetero) is 1. The van der Waals surface area contributed by atoms with Crippen LogP contribution < -0.4 is 5.32 Å². The number of nitrogens with one attached hydrogen (secondary N) is 1. The number of methoxy groups -OCH3 is 1. The van der Waals surface area contributed by atoms with E-state index in [1.165, 1.54) is 13.0 Å². The molecule has 0 saturated heterocycles. The van der Waals surface area contributed by atoms with E-state index in [2.05, 4.69) is 11.9 Å². The summed E-state index contributed by atoms with van der Waals surface area (Å²) in [4.78, 5) is 11.4. The highest BCUT2D eigenvalue weighted by Crippen LogP contribution is 2.30. The normalized spacial score (nSPS) is 18.8. The highest BCUT2D eigenvalue weighted by Gasteiger charge is 2.23. The lowest BCUT2D eigenvalue weighted by atomic mass is 9.87. The van der Waals surface area contributed by atoms with Crippen molar-refractivity contribution in [2.45, 2.75) is 19.4 Å². The summed E-state index contributed by atoms with van der Waals surface area (Å²) in [5, 5.41) is 3.28. The molecule has 25 heavy (non-hydrogen) atoms. The van der Waals surface area contributed by atoms with E-state index in [0.29, 0.717) is 17.5 Å². The summed E-state index contributed by atoms with van der Waals surface area (Å²) in [6.07, 6.45) is 10.0. The van der Waals surface area contributed by atoms with Crippen molar-refractivity contribution in [2.75, 3.05) is 7.11 Å². The van der Waals surface area contributed by atoms with Gasteiger partial charge >= 0.3 is 0 Å². The van der Waals surface area contributed by atoms with Gasteiger partial charge in [0.15, 0.2) is 5.78 Å². The van der Waals surface area contributed by atoms with E-state index >= 15 is 0 Å². The fourth-order valence-electron chi connectivity index (χ4n) is 3.07. The first-order valence-corrected chi connectivity index (χ1v) is 8.08. The third kappa shape index (κ3) is 3.33. The zero-order chi connectivity index (χ0) is 18.0. The topological polar surface area (TPSA) is 38.3 Å². The number of carbonyl (C=O) groups excluding carboxylic acids is 1. The van der Waals surface area contributed by atoms with Crippen molar-refractivity contribution in [3.05, 3.63) is 94.7 Å². The molecular formula is C21H20FNO2. The van der Waals surface area contributed by atoms with Gasteiger partial charge in [0.05, 0.1) is 13.2 Å². The molecule has 0 bridgehead atoms. The van der Waals surface area contributed by atoms with Crippen molar-refractivity contribution in [2.24, 2.45) is 0 Å². The fourth-order valence-corrected chi connectivity index (χ4v) is 3.07. The van der Waals surface area contributed by atoms with Gasteiger partial charge < -0.3 is 10.1 Å². The van der Waals surface area contributed by atoms with Gasteiger partial charge in [0.1, 0.15) is 11.6 Å². The number of benzene rings is 1. The lowest BCUT2D eigenvalue weighted by molar-refractivity contribution is 0.101. The Bertz CT molecular complexity index is 859. The van der Waals surface area contributed by atoms with Crippen LogP contribution in [0.25, 0.3) is 0 Å². The van der Waals surface area contributed by atoms with E-state index in [9.17, 15) is 9.18 Å². The van der Waals surface area contributed by atoms with Gasteiger partial charge in [0.25, 0.3) is 0 Å². The molecule has 1 aromatic rings. The Balaban J connectivity index is 1.97. The van der Waals surface area contributed by atoms with Gasteiger partial charge in [0, 0.05) is 17.6 Å². The number of hydrogen-bond acceptors (Lipinski definition) is 3. The lowest BCUT2D eigenvalue weighted by Gasteiger charge is -2.28. The van der Waals surface area contributed by atoms with Crippen molar-refractivity contribution in [1.82, 2.24) is 5.32 Å². The first kappa shape index (κ1) is 17.0. The van der Waals surface area contributed by atoms with E-state index in [4.69, 9.17) is 4.74 Å². The lowest BCUT2D eigenvalue weighted by Crippen LogP contribution is -2.30. The molecular weight excluding hydrogens is 317 g/mol. The smallest absolute Gasteiger partial charge is 0.159 e. The number of allylic oxidation sites excluding steroid dienone is 3. The molecule has 4 heteroatoms. The van der Waals surface area contributed by atoms with Gasteiger partial charge in [0.2, 0.25) is 0 Å². The Morgan fingerprint density at radius 3 is 2.88 bits per heavy atom. The summed E-state index contributed by atoms with van der Waals surface area (Å²) < 4.78 is 19.8. The van der Waals surface area contributed by atoms with E-state index in [0.717, 1.165) is 22.5 Å². The second kappa shape index (κ2) is 6.93. The maximum Gasteiger partial charge on any atom is 0.159 e. The van der Waals surface area contributed by atoms with Gasteiger partial charge in [-0.3, -0.25) is 4.79 Å². The second-order valence-corrected chi connectivity index (χ2v) is 6.04. The highest BCUT2D eigenvalue weighted by atomic mass is 19.1. The summed E-state index contributed by atoms with van der Waals surface area (Å²) in [6, 6.07) is 4.66. The van der Waals surface area contributed by atoms with Crippen molar-refractivity contribution in [3.63, 3.8) is 0 Å². The molecule has 1 aliphatic carbocycles. The first-order chi connectivity index (χ1) is 12.0. The standard InChI is InChI=1S/C21H20FNO2/c1-4-14-11-20-18(12-21(14)25-3)16(7-8-23-20)9-17-6-5-15(13(2)24)10-19(17)22/h4-8,10-12,20,23H,1,9H2,2-3H3. The fraction of sp³-hybridized carbons (Fsp3) is 0.190. The summed E-state index contributed by atoms with van der Waals surface area (Å²) in [6.45, 7) is 5.25. The molecule has 0 radical (unpaired) electrons. The van der Waals surface area contributed by atoms with Crippen LogP contribution in [0.1, 0.15) is 22.8 Å². The van der Waals surface area contributed by atoms with Gasteiger partial charge in [-0.25, -0.2) is 4.39 Å². The van der Waals surface area contributed by atoms with Crippen molar-refractivity contribution < 1.29 is 13.9 Å². The van der Waals surface area contributed by atoms with Gasteiger partial charge in [-0.15, -0.1) is 0 Å². The number of carbonyl (C=O) groups is 1. The number of halogens is 1. The predicted molar refractivity (Wildman–Crippen MR) is 96.6 cm³/mol. The SMILES string of the molecule is C=CC1=CC2NC=CC(Cc3ccc(C(C)=O)cc3F)=C2C=C1OC. The second-order valence-electron chi connectivity index (χ2n) is 6.04. The quantitative estimate of drug-likeness (QED) is 0.825. The molecule has 0 saturated carbocycles. The average molecular weight is 337 g/mol. The molecule has 0 fully saturated rings. The van der Waals surface area contributed by atoms with E-state index < -0.39 is 0 Å². The summed E-state index contributed by atoms with van der Waals surface area (Å²) in [5.74, 6) is 0.234. The number of dihydropyridines is 1. The number of hydrogen-bond donors (Lipinski definition) is 1. The number of ether oxygens (including phenoxy) is 1. The third-order valence-corrected chi connectivity index (χ3v) is 4.46. The molecule has 1 aliphatic heterocycles. The van der Waals surface area contributed by atoms with Crippen LogP contribution in [0.5, 0.6) is 0 Å². The van der Waals surface area contributed by atoms with Crippen LogP contribution in [0.2, 0.25) is 0 Å². The van der Waals surface area contributed by atoms with Crippen LogP contribution in [-0.4, -0.2) is 18.9 Å². The van der Waals surface area contributed by atoms with Crippen LogP contribution in [0.4, 0.5) is 4.39 Å². The van der Waals surface area contributed by atoms with Crippen LogP contribution in [-0.2, 0) is 11.2 Å². The minimum absolute atomic E-state index is 0.00598. The summed E-state index contributed by atoms with van der Waals surface area (Å²) in [7, 11) is 1.62. The third-order valence-electron chi connectivity index (χ3n) is 4.46. The minimum atomic E-state index is -0.363. The molecule has 0 amide bonds. The maximum atomic E-state index is 14.4. The maximum absolute atomic E-state index is 14.4. The Kier molecular flexibility index (Phi) is 4.70. The molecule has 1 N–H and O–H groups in total. The predicted octanol–water partition coefficient (Wildman–Crippen LogP) is 4.01. The Labute approximate surface area is 146 Å². The Hall–Kier alpha value is -2.88. The van der Waals surface area contributed by atoms with Crippen LogP contribution >= 0.6 is 0 Å². The number of ketones is 1. The van der Waals surface area contributed by atoms with Gasteiger partial charge in [-0.2, -0.15) is 0 Å². The molecule has 2 aliphatic rings. The monoisotopic (exact) mass is 337 g/mol. The molecule has 1 unspecified atom stereocenters. The molecule has 1 aromatic carbocycles. The minimum Gasteiger partial charge on any atom is -0.496 e. The van der Waals surface area contributed by atoms with E-state index in [1.54, 1.807) is 25.3 Å². The molecule has 0 spiro atoms. The average Bonchev–Trinajstić information content (AvgIpc) is 2.62. The summed E-state index contributed by atoms with van der Waals surface area (Å²) >= 11 is 0. The molecule has 1 atom stereocenters. The largest absolute Gasteiger partial charge is 0.496 e. The van der Waals surface area contributed by atoms with Gasteiger partial charge in [-0.05, 0) is 54.1 Å². The number of fused-ring (bicyclic) bond motifs is 1. The zero-order valence-corrected chi connectivity index (χ0v) is 14.3. The Morgan fingerprint density at radius 1 is 1.44 bits per heavy atom. The van der Waals surface area contributed by atoms with E-state index in [1.807, 2.05) is 24.4 Å². The van der Waals surface area contributed by atoms with E-state index in [-0.39, 0.29) is 17.6 Å². The summed E-state index contributed by atoms with van der Waals surface area (Å²) in [5.41, 5.74) is 3.92. The van der Waals surface area contributed by atoms with Crippen molar-refractivity contribution >= 4 is 5.78 Å².